The summed E-state index contributed by atoms with van der Waals surface area (Å²) >= 11 is 3.40. The van der Waals surface area contributed by atoms with Crippen LogP contribution in [0.1, 0.15) is 19.4 Å². The van der Waals surface area contributed by atoms with Crippen LogP contribution in [-0.4, -0.2) is 29.8 Å². The number of anilines is 1. The summed E-state index contributed by atoms with van der Waals surface area (Å²) in [6.45, 7) is 4.59. The van der Waals surface area contributed by atoms with Gasteiger partial charge in [-0.25, -0.2) is 0 Å². The van der Waals surface area contributed by atoms with Crippen molar-refractivity contribution < 1.29 is 9.59 Å². The van der Waals surface area contributed by atoms with E-state index < -0.39 is 0 Å². The van der Waals surface area contributed by atoms with Gasteiger partial charge in [0.15, 0.2) is 0 Å². The second-order valence-corrected chi connectivity index (χ2v) is 6.39. The van der Waals surface area contributed by atoms with Gasteiger partial charge in [-0.1, -0.05) is 52.3 Å². The van der Waals surface area contributed by atoms with Crippen molar-refractivity contribution in [2.45, 2.75) is 20.4 Å². The third-order valence-electron chi connectivity index (χ3n) is 3.74. The summed E-state index contributed by atoms with van der Waals surface area (Å²) in [4.78, 5) is 27.9. The van der Waals surface area contributed by atoms with Crippen LogP contribution >= 0.6 is 15.9 Å². The summed E-state index contributed by atoms with van der Waals surface area (Å²) < 4.78 is 0.871. The van der Waals surface area contributed by atoms with Gasteiger partial charge in [0.2, 0.25) is 11.8 Å². The molecule has 0 aliphatic carbocycles. The molecular formula is C19H21BrN2O2. The average Bonchev–Trinajstić information content (AvgIpc) is 2.58. The predicted molar refractivity (Wildman–Crippen MR) is 99.7 cm³/mol. The molecule has 4 nitrogen and oxygen atoms in total. The standard InChI is InChI=1S/C19H21BrN2O2/c1-3-21(13-16-8-5-4-6-9-16)19(24)14-22(15(2)23)18-11-7-10-17(20)12-18/h4-12H,3,13-14H2,1-2H3. The van der Waals surface area contributed by atoms with Crippen LogP contribution in [0.25, 0.3) is 0 Å². The van der Waals surface area contributed by atoms with E-state index in [4.69, 9.17) is 0 Å². The fourth-order valence-corrected chi connectivity index (χ4v) is 2.83. The smallest absolute Gasteiger partial charge is 0.242 e. The maximum Gasteiger partial charge on any atom is 0.242 e. The lowest BCUT2D eigenvalue weighted by Gasteiger charge is -2.26. The number of benzene rings is 2. The number of rotatable bonds is 6. The molecule has 0 heterocycles. The number of carbonyl (C=O) groups excluding carboxylic acids is 2. The molecule has 0 fully saturated rings. The Bertz CT molecular complexity index is 704. The van der Waals surface area contributed by atoms with Crippen molar-refractivity contribution in [1.29, 1.82) is 0 Å². The fourth-order valence-electron chi connectivity index (χ4n) is 2.44. The molecule has 0 saturated heterocycles. The number of amides is 2. The Morgan fingerprint density at radius 2 is 1.75 bits per heavy atom. The fraction of sp³-hybridized carbons (Fsp3) is 0.263. The first-order valence-electron chi connectivity index (χ1n) is 7.86. The third kappa shape index (κ3) is 4.93. The van der Waals surface area contributed by atoms with Gasteiger partial charge in [-0.05, 0) is 30.7 Å². The van der Waals surface area contributed by atoms with E-state index >= 15 is 0 Å². The summed E-state index contributed by atoms with van der Waals surface area (Å²) in [6, 6.07) is 17.2. The molecule has 0 spiro atoms. The molecule has 2 aromatic rings. The van der Waals surface area contributed by atoms with Gasteiger partial charge in [0.25, 0.3) is 0 Å². The van der Waals surface area contributed by atoms with Gasteiger partial charge in [0, 0.05) is 30.2 Å². The number of carbonyl (C=O) groups is 2. The molecule has 0 bridgehead atoms. The Morgan fingerprint density at radius 3 is 2.33 bits per heavy atom. The van der Waals surface area contributed by atoms with Crippen molar-refractivity contribution in [3.8, 4) is 0 Å². The number of likely N-dealkylation sites (N-methyl/N-ethyl adjacent to an activating group) is 1. The lowest BCUT2D eigenvalue weighted by Crippen LogP contribution is -2.42. The van der Waals surface area contributed by atoms with Crippen molar-refractivity contribution in [3.05, 3.63) is 64.6 Å². The second-order valence-electron chi connectivity index (χ2n) is 5.48. The van der Waals surface area contributed by atoms with Gasteiger partial charge >= 0.3 is 0 Å². The highest BCUT2D eigenvalue weighted by molar-refractivity contribution is 9.10. The molecule has 24 heavy (non-hydrogen) atoms. The van der Waals surface area contributed by atoms with Crippen molar-refractivity contribution in [1.82, 2.24) is 4.90 Å². The van der Waals surface area contributed by atoms with E-state index in [0.29, 0.717) is 18.8 Å². The number of hydrogen-bond donors (Lipinski definition) is 0. The Morgan fingerprint density at radius 1 is 1.04 bits per heavy atom. The maximum absolute atomic E-state index is 12.7. The van der Waals surface area contributed by atoms with E-state index in [1.807, 2.05) is 61.5 Å². The zero-order chi connectivity index (χ0) is 17.5. The number of nitrogens with zero attached hydrogens (tertiary/aromatic N) is 2. The zero-order valence-electron chi connectivity index (χ0n) is 13.9. The van der Waals surface area contributed by atoms with Crippen LogP contribution in [0.3, 0.4) is 0 Å². The highest BCUT2D eigenvalue weighted by Crippen LogP contribution is 2.20. The van der Waals surface area contributed by atoms with Gasteiger partial charge in [0.05, 0.1) is 0 Å². The normalized spacial score (nSPS) is 10.3. The van der Waals surface area contributed by atoms with Gasteiger partial charge in [-0.2, -0.15) is 0 Å². The quantitative estimate of drug-likeness (QED) is 0.753. The largest absolute Gasteiger partial charge is 0.337 e. The predicted octanol–water partition coefficient (Wildman–Crippen LogP) is 3.85. The Hall–Kier alpha value is -2.14. The van der Waals surface area contributed by atoms with Crippen LogP contribution in [0, 0.1) is 0 Å². The molecule has 0 aromatic heterocycles. The second kappa shape index (κ2) is 8.64. The number of hydrogen-bond acceptors (Lipinski definition) is 2. The van der Waals surface area contributed by atoms with Crippen LogP contribution in [0.4, 0.5) is 5.69 Å². The molecule has 5 heteroatoms. The minimum Gasteiger partial charge on any atom is -0.337 e. The van der Waals surface area contributed by atoms with Gasteiger partial charge in [-0.15, -0.1) is 0 Å². The summed E-state index contributed by atoms with van der Waals surface area (Å²) in [6.07, 6.45) is 0. The van der Waals surface area contributed by atoms with Gasteiger partial charge < -0.3 is 9.80 Å². The molecule has 2 amide bonds. The Labute approximate surface area is 151 Å². The van der Waals surface area contributed by atoms with Crippen molar-refractivity contribution >= 4 is 33.4 Å². The van der Waals surface area contributed by atoms with Crippen molar-refractivity contribution in [3.63, 3.8) is 0 Å². The highest BCUT2D eigenvalue weighted by atomic mass is 79.9. The summed E-state index contributed by atoms with van der Waals surface area (Å²) in [5, 5.41) is 0. The molecule has 2 rings (SSSR count). The molecule has 0 unspecified atom stereocenters. The first-order chi connectivity index (χ1) is 11.5. The molecule has 126 valence electrons. The molecule has 0 aliphatic heterocycles. The minimum atomic E-state index is -0.155. The van der Waals surface area contributed by atoms with E-state index in [0.717, 1.165) is 10.0 Å². The highest BCUT2D eigenvalue weighted by Gasteiger charge is 2.20. The van der Waals surface area contributed by atoms with Crippen LogP contribution in [0.2, 0.25) is 0 Å². The molecule has 2 aromatic carbocycles. The van der Waals surface area contributed by atoms with E-state index in [9.17, 15) is 9.59 Å². The maximum atomic E-state index is 12.7. The van der Waals surface area contributed by atoms with E-state index in [1.54, 1.807) is 4.90 Å². The molecule has 0 atom stereocenters. The van der Waals surface area contributed by atoms with Crippen LogP contribution in [0.5, 0.6) is 0 Å². The summed E-state index contributed by atoms with van der Waals surface area (Å²) in [5.74, 6) is -0.228. The first kappa shape index (κ1) is 18.2. The molecule has 0 saturated carbocycles. The minimum absolute atomic E-state index is 0.0342. The van der Waals surface area contributed by atoms with Crippen molar-refractivity contribution in [2.75, 3.05) is 18.0 Å². The van der Waals surface area contributed by atoms with E-state index in [1.165, 1.54) is 11.8 Å². The molecule has 0 N–H and O–H groups in total. The van der Waals surface area contributed by atoms with E-state index in [2.05, 4.69) is 15.9 Å². The monoisotopic (exact) mass is 388 g/mol. The topological polar surface area (TPSA) is 40.6 Å². The van der Waals surface area contributed by atoms with Crippen LogP contribution in [0.15, 0.2) is 59.1 Å². The van der Waals surface area contributed by atoms with E-state index in [-0.39, 0.29) is 18.4 Å². The van der Waals surface area contributed by atoms with Gasteiger partial charge in [0.1, 0.15) is 6.54 Å². The van der Waals surface area contributed by atoms with Gasteiger partial charge in [-0.3, -0.25) is 9.59 Å². The summed E-state index contributed by atoms with van der Waals surface area (Å²) in [5.41, 5.74) is 1.78. The SMILES string of the molecule is CCN(Cc1ccccc1)C(=O)CN(C(C)=O)c1cccc(Br)c1. The van der Waals surface area contributed by atoms with Crippen LogP contribution in [-0.2, 0) is 16.1 Å². The number of halogens is 1. The molecular weight excluding hydrogens is 368 g/mol. The zero-order valence-corrected chi connectivity index (χ0v) is 15.5. The van der Waals surface area contributed by atoms with Crippen LogP contribution < -0.4 is 4.90 Å². The lowest BCUT2D eigenvalue weighted by molar-refractivity contribution is -0.131. The first-order valence-corrected chi connectivity index (χ1v) is 8.66. The summed E-state index contributed by atoms with van der Waals surface area (Å²) in [7, 11) is 0. The molecule has 0 radical (unpaired) electrons. The molecule has 0 aliphatic rings. The lowest BCUT2D eigenvalue weighted by atomic mass is 10.2. The van der Waals surface area contributed by atoms with Crippen molar-refractivity contribution in [2.24, 2.45) is 0 Å². The Kier molecular flexibility index (Phi) is 6.55. The Balaban J connectivity index is 2.12. The average molecular weight is 389 g/mol. The third-order valence-corrected chi connectivity index (χ3v) is 4.24.